The molecule has 0 spiro atoms. The number of aromatic nitrogens is 2. The molecule has 1 atom stereocenters. The van der Waals surface area contributed by atoms with Gasteiger partial charge in [-0.05, 0) is 55.5 Å². The molecular weight excluding hydrogens is 429 g/mol. The topological polar surface area (TPSA) is 67.2 Å². The molecule has 0 aliphatic heterocycles. The van der Waals surface area contributed by atoms with Crippen LogP contribution in [0, 0.1) is 6.92 Å². The number of rotatable bonds is 6. The molecule has 0 saturated heterocycles. The van der Waals surface area contributed by atoms with Crippen LogP contribution in [0.3, 0.4) is 0 Å². The number of hydrogen-bond donors (Lipinski definition) is 1. The van der Waals surface area contributed by atoms with Crippen LogP contribution in [-0.2, 0) is 6.18 Å². The first kappa shape index (κ1) is 22.7. The Bertz CT molecular complexity index is 1120. The van der Waals surface area contributed by atoms with Crippen molar-refractivity contribution in [2.75, 3.05) is 20.6 Å². The Kier molecular flexibility index (Phi) is 6.61. The number of halogens is 3. The van der Waals surface area contributed by atoms with Crippen LogP contribution in [0.1, 0.15) is 33.4 Å². The molecule has 0 radical (unpaired) electrons. The highest BCUT2D eigenvalue weighted by atomic mass is 32.1. The number of thiophene rings is 1. The summed E-state index contributed by atoms with van der Waals surface area (Å²) in [5.41, 5.74) is -1.11. The highest BCUT2D eigenvalue weighted by Crippen LogP contribution is 2.33. The van der Waals surface area contributed by atoms with Gasteiger partial charge in [0.25, 0.3) is 5.91 Å². The number of nitrogens with one attached hydrogen (secondary N) is 1. The van der Waals surface area contributed by atoms with E-state index in [2.05, 4.69) is 10.4 Å². The monoisotopic (exact) mass is 450 g/mol. The van der Waals surface area contributed by atoms with Gasteiger partial charge in [-0.1, -0.05) is 12.1 Å². The molecule has 31 heavy (non-hydrogen) atoms. The Labute approximate surface area is 180 Å². The Morgan fingerprint density at radius 3 is 2.58 bits per heavy atom. The average Bonchev–Trinajstić information content (AvgIpc) is 3.21. The number of nitrogens with zero attached hydrogens (tertiary/aromatic N) is 3. The summed E-state index contributed by atoms with van der Waals surface area (Å²) in [6.07, 6.45) is -4.62. The zero-order valence-electron chi connectivity index (χ0n) is 17.1. The number of carbonyl (C=O) groups excluding carboxylic acids is 1. The van der Waals surface area contributed by atoms with Crippen LogP contribution in [0.25, 0.3) is 5.69 Å². The fraction of sp³-hybridized carbons (Fsp3) is 0.286. The van der Waals surface area contributed by atoms with Gasteiger partial charge in [0.15, 0.2) is 5.69 Å². The lowest BCUT2D eigenvalue weighted by molar-refractivity contribution is -0.137. The highest BCUT2D eigenvalue weighted by Gasteiger charge is 2.34. The number of aryl methyl sites for hydroxylation is 1. The Hall–Kier alpha value is -2.98. The third-order valence-electron chi connectivity index (χ3n) is 4.77. The second-order valence-electron chi connectivity index (χ2n) is 7.17. The third kappa shape index (κ3) is 5.02. The quantitative estimate of drug-likeness (QED) is 0.623. The molecular formula is C21H21F3N4O2S. The molecule has 0 aliphatic rings. The fourth-order valence-electron chi connectivity index (χ4n) is 3.18. The normalized spacial score (nSPS) is 12.7. The maximum absolute atomic E-state index is 13.4. The van der Waals surface area contributed by atoms with E-state index in [0.29, 0.717) is 0 Å². The summed E-state index contributed by atoms with van der Waals surface area (Å²) in [6.45, 7) is 1.67. The maximum atomic E-state index is 13.4. The largest absolute Gasteiger partial charge is 0.418 e. The highest BCUT2D eigenvalue weighted by molar-refractivity contribution is 7.07. The standard InChI is InChI=1S/C21H21F3N4O2S/c1-13-10-18(29)19(20(30)25-11-17(27(2)3)14-8-9-31-12-14)26-28(13)16-7-5-4-6-15(16)21(22,23)24/h4-10,12,17H,11H2,1-3H3,(H,25,30)/t17-/m1/s1. The molecule has 0 aliphatic carbocycles. The van der Waals surface area contributed by atoms with Crippen LogP contribution in [0.4, 0.5) is 13.2 Å². The van der Waals surface area contributed by atoms with Crippen molar-refractivity contribution in [2.45, 2.75) is 19.1 Å². The van der Waals surface area contributed by atoms with Crippen LogP contribution in [-0.4, -0.2) is 41.2 Å². The smallest absolute Gasteiger partial charge is 0.349 e. The van der Waals surface area contributed by atoms with Crippen LogP contribution >= 0.6 is 11.3 Å². The van der Waals surface area contributed by atoms with E-state index in [4.69, 9.17) is 0 Å². The van der Waals surface area contributed by atoms with E-state index < -0.39 is 28.8 Å². The van der Waals surface area contributed by atoms with Gasteiger partial charge in [-0.3, -0.25) is 9.59 Å². The number of likely N-dealkylation sites (N-methyl/N-ethyl adjacent to an activating group) is 1. The number of alkyl halides is 3. The van der Waals surface area contributed by atoms with Crippen molar-refractivity contribution >= 4 is 17.2 Å². The summed E-state index contributed by atoms with van der Waals surface area (Å²) in [5.74, 6) is -0.745. The van der Waals surface area contributed by atoms with Gasteiger partial charge in [0.1, 0.15) is 0 Å². The first-order valence-electron chi connectivity index (χ1n) is 9.34. The third-order valence-corrected chi connectivity index (χ3v) is 5.47. The zero-order chi connectivity index (χ0) is 22.8. The summed E-state index contributed by atoms with van der Waals surface area (Å²) < 4.78 is 41.3. The molecule has 0 fully saturated rings. The molecule has 1 N–H and O–H groups in total. The van der Waals surface area contributed by atoms with Gasteiger partial charge in [0.2, 0.25) is 5.43 Å². The van der Waals surface area contributed by atoms with Gasteiger partial charge in [0, 0.05) is 18.3 Å². The van der Waals surface area contributed by atoms with E-state index in [9.17, 15) is 22.8 Å². The van der Waals surface area contributed by atoms with Gasteiger partial charge in [-0.2, -0.15) is 29.6 Å². The van der Waals surface area contributed by atoms with Crippen molar-refractivity contribution in [3.63, 3.8) is 0 Å². The summed E-state index contributed by atoms with van der Waals surface area (Å²) in [4.78, 5) is 27.0. The first-order chi connectivity index (χ1) is 14.6. The number of carbonyl (C=O) groups is 1. The van der Waals surface area contributed by atoms with Gasteiger partial charge in [0.05, 0.1) is 17.3 Å². The molecule has 6 nitrogen and oxygen atoms in total. The predicted molar refractivity (Wildman–Crippen MR) is 113 cm³/mol. The zero-order valence-corrected chi connectivity index (χ0v) is 17.9. The van der Waals surface area contributed by atoms with Crippen molar-refractivity contribution in [1.29, 1.82) is 0 Å². The molecule has 0 saturated carbocycles. The first-order valence-corrected chi connectivity index (χ1v) is 10.3. The van der Waals surface area contributed by atoms with Crippen molar-refractivity contribution in [1.82, 2.24) is 20.0 Å². The summed E-state index contributed by atoms with van der Waals surface area (Å²) in [6, 6.07) is 7.79. The minimum Gasteiger partial charge on any atom is -0.349 e. The lowest BCUT2D eigenvalue weighted by Gasteiger charge is -2.24. The van der Waals surface area contributed by atoms with E-state index in [0.717, 1.165) is 22.4 Å². The minimum atomic E-state index is -4.62. The van der Waals surface area contributed by atoms with Crippen LogP contribution in [0.15, 0.2) is 52.0 Å². The van der Waals surface area contributed by atoms with Crippen LogP contribution < -0.4 is 10.7 Å². The van der Waals surface area contributed by atoms with E-state index >= 15 is 0 Å². The van der Waals surface area contributed by atoms with Gasteiger partial charge < -0.3 is 10.2 Å². The van der Waals surface area contributed by atoms with Crippen molar-refractivity contribution < 1.29 is 18.0 Å². The summed E-state index contributed by atoms with van der Waals surface area (Å²) in [7, 11) is 3.72. The van der Waals surface area contributed by atoms with Gasteiger partial charge >= 0.3 is 6.18 Å². The molecule has 3 aromatic rings. The SMILES string of the molecule is Cc1cc(=O)c(C(=O)NC[C@H](c2ccsc2)N(C)C)nn1-c1ccccc1C(F)(F)F. The maximum Gasteiger partial charge on any atom is 0.418 e. The Balaban J connectivity index is 1.93. The van der Waals surface area contributed by atoms with Crippen molar-refractivity contribution in [2.24, 2.45) is 0 Å². The van der Waals surface area contributed by atoms with Crippen LogP contribution in [0.5, 0.6) is 0 Å². The van der Waals surface area contributed by atoms with Crippen molar-refractivity contribution in [3.8, 4) is 5.69 Å². The van der Waals surface area contributed by atoms with Crippen LogP contribution in [0.2, 0.25) is 0 Å². The lowest BCUT2D eigenvalue weighted by Crippen LogP contribution is -2.37. The second kappa shape index (κ2) is 9.03. The number of benzene rings is 1. The van der Waals surface area contributed by atoms with Gasteiger partial charge in [-0.25, -0.2) is 4.68 Å². The van der Waals surface area contributed by atoms with Crippen molar-refractivity contribution in [3.05, 3.63) is 79.9 Å². The average molecular weight is 450 g/mol. The van der Waals surface area contributed by atoms with E-state index in [1.54, 1.807) is 0 Å². The van der Waals surface area contributed by atoms with E-state index in [-0.39, 0.29) is 24.0 Å². The van der Waals surface area contributed by atoms with Gasteiger partial charge in [-0.15, -0.1) is 0 Å². The molecule has 10 heteroatoms. The lowest BCUT2D eigenvalue weighted by atomic mass is 10.1. The molecule has 0 unspecified atom stereocenters. The number of amides is 1. The molecule has 1 amide bonds. The Morgan fingerprint density at radius 1 is 1.26 bits per heavy atom. The molecule has 0 bridgehead atoms. The summed E-state index contributed by atoms with van der Waals surface area (Å²) in [5, 5.41) is 10.5. The molecule has 1 aromatic carbocycles. The van der Waals surface area contributed by atoms with E-state index in [1.165, 1.54) is 36.5 Å². The molecule has 2 aromatic heterocycles. The second-order valence-corrected chi connectivity index (χ2v) is 7.95. The fourth-order valence-corrected chi connectivity index (χ4v) is 3.89. The molecule has 164 valence electrons. The predicted octanol–water partition coefficient (Wildman–Crippen LogP) is 3.65. The molecule has 2 heterocycles. The van der Waals surface area contributed by atoms with E-state index in [1.807, 2.05) is 35.8 Å². The minimum absolute atomic E-state index is 0.131. The number of para-hydroxylation sites is 1. The summed E-state index contributed by atoms with van der Waals surface area (Å²) >= 11 is 1.53. The molecule has 3 rings (SSSR count). The number of hydrogen-bond acceptors (Lipinski definition) is 5. The Morgan fingerprint density at radius 2 is 1.97 bits per heavy atom.